The molecule has 0 spiro atoms. The molecule has 14 heavy (non-hydrogen) atoms. The zero-order valence-corrected chi connectivity index (χ0v) is 8.83. The molecular weight excluding hydrogens is 174 g/mol. The molecule has 1 aliphatic carbocycles. The first-order valence-electron chi connectivity index (χ1n) is 5.63. The van der Waals surface area contributed by atoms with Crippen LogP contribution in [0.15, 0.2) is 22.8 Å². The maximum atomic E-state index is 5.32. The van der Waals surface area contributed by atoms with Crippen molar-refractivity contribution in [3.8, 4) is 0 Å². The predicted octanol–water partition coefficient (Wildman–Crippen LogP) is 3.12. The SMILES string of the molecule is CC(NCCCC1CC1)c1ccco1. The lowest BCUT2D eigenvalue weighted by Gasteiger charge is -2.10. The number of nitrogens with one attached hydrogen (secondary N) is 1. The highest BCUT2D eigenvalue weighted by atomic mass is 16.3. The molecule has 2 heteroatoms. The monoisotopic (exact) mass is 193 g/mol. The molecule has 1 atom stereocenters. The van der Waals surface area contributed by atoms with Crippen molar-refractivity contribution in [3.05, 3.63) is 24.2 Å². The van der Waals surface area contributed by atoms with Crippen LogP contribution >= 0.6 is 0 Å². The predicted molar refractivity (Wildman–Crippen MR) is 57.1 cm³/mol. The normalized spacial score (nSPS) is 18.4. The van der Waals surface area contributed by atoms with Gasteiger partial charge in [-0.05, 0) is 44.4 Å². The van der Waals surface area contributed by atoms with Crippen molar-refractivity contribution in [1.29, 1.82) is 0 Å². The van der Waals surface area contributed by atoms with Gasteiger partial charge in [-0.25, -0.2) is 0 Å². The Morgan fingerprint density at radius 3 is 3.07 bits per heavy atom. The highest BCUT2D eigenvalue weighted by Crippen LogP contribution is 2.33. The second-order valence-corrected chi connectivity index (χ2v) is 4.28. The Morgan fingerprint density at radius 2 is 2.43 bits per heavy atom. The van der Waals surface area contributed by atoms with Gasteiger partial charge in [0.1, 0.15) is 5.76 Å². The number of rotatable bonds is 6. The fraction of sp³-hybridized carbons (Fsp3) is 0.667. The van der Waals surface area contributed by atoms with E-state index < -0.39 is 0 Å². The molecule has 0 amide bonds. The van der Waals surface area contributed by atoms with E-state index in [0.29, 0.717) is 6.04 Å². The zero-order chi connectivity index (χ0) is 9.80. The second-order valence-electron chi connectivity index (χ2n) is 4.28. The van der Waals surface area contributed by atoms with Crippen LogP contribution in [0.1, 0.15) is 44.4 Å². The minimum absolute atomic E-state index is 0.351. The Morgan fingerprint density at radius 1 is 1.57 bits per heavy atom. The minimum atomic E-state index is 0.351. The summed E-state index contributed by atoms with van der Waals surface area (Å²) in [5, 5.41) is 3.47. The summed E-state index contributed by atoms with van der Waals surface area (Å²) in [6.07, 6.45) is 7.37. The minimum Gasteiger partial charge on any atom is -0.468 e. The molecule has 1 N–H and O–H groups in total. The quantitative estimate of drug-likeness (QED) is 0.702. The van der Waals surface area contributed by atoms with Gasteiger partial charge in [0.2, 0.25) is 0 Å². The van der Waals surface area contributed by atoms with E-state index in [0.717, 1.165) is 18.2 Å². The average molecular weight is 193 g/mol. The molecule has 0 radical (unpaired) electrons. The van der Waals surface area contributed by atoms with Gasteiger partial charge in [-0.3, -0.25) is 0 Å². The number of hydrogen-bond acceptors (Lipinski definition) is 2. The molecule has 1 aliphatic rings. The maximum absolute atomic E-state index is 5.32. The van der Waals surface area contributed by atoms with Gasteiger partial charge in [0.15, 0.2) is 0 Å². The summed E-state index contributed by atoms with van der Waals surface area (Å²) >= 11 is 0. The molecule has 1 aromatic rings. The summed E-state index contributed by atoms with van der Waals surface area (Å²) in [4.78, 5) is 0. The fourth-order valence-electron chi connectivity index (χ4n) is 1.75. The van der Waals surface area contributed by atoms with Gasteiger partial charge in [0.25, 0.3) is 0 Å². The van der Waals surface area contributed by atoms with E-state index in [1.165, 1.54) is 25.7 Å². The maximum Gasteiger partial charge on any atom is 0.120 e. The number of hydrogen-bond donors (Lipinski definition) is 1. The third kappa shape index (κ3) is 2.88. The lowest BCUT2D eigenvalue weighted by molar-refractivity contribution is 0.425. The topological polar surface area (TPSA) is 25.2 Å². The van der Waals surface area contributed by atoms with Gasteiger partial charge >= 0.3 is 0 Å². The van der Waals surface area contributed by atoms with Gasteiger partial charge in [-0.15, -0.1) is 0 Å². The van der Waals surface area contributed by atoms with Crippen LogP contribution < -0.4 is 5.32 Å². The van der Waals surface area contributed by atoms with Gasteiger partial charge in [0, 0.05) is 0 Å². The Kier molecular flexibility index (Phi) is 3.25. The van der Waals surface area contributed by atoms with E-state index in [1.54, 1.807) is 6.26 Å². The summed E-state index contributed by atoms with van der Waals surface area (Å²) in [6.45, 7) is 3.26. The standard InChI is InChI=1S/C12H19NO/c1-10(12-5-3-9-14-12)13-8-2-4-11-6-7-11/h3,5,9-11,13H,2,4,6-8H2,1H3. The molecule has 0 saturated heterocycles. The van der Waals surface area contributed by atoms with Crippen LogP contribution in [0, 0.1) is 5.92 Å². The molecule has 2 nitrogen and oxygen atoms in total. The van der Waals surface area contributed by atoms with E-state index in [4.69, 9.17) is 4.42 Å². The fourth-order valence-corrected chi connectivity index (χ4v) is 1.75. The highest BCUT2D eigenvalue weighted by molar-refractivity contribution is 5.02. The van der Waals surface area contributed by atoms with Crippen LogP contribution in [0.3, 0.4) is 0 Å². The van der Waals surface area contributed by atoms with Crippen molar-refractivity contribution in [3.63, 3.8) is 0 Å². The first-order chi connectivity index (χ1) is 6.86. The van der Waals surface area contributed by atoms with Crippen LogP contribution in [0.25, 0.3) is 0 Å². The lowest BCUT2D eigenvalue weighted by atomic mass is 10.2. The first kappa shape index (κ1) is 9.78. The molecule has 0 aromatic carbocycles. The Balaban J connectivity index is 1.59. The van der Waals surface area contributed by atoms with Gasteiger partial charge in [-0.2, -0.15) is 0 Å². The van der Waals surface area contributed by atoms with Gasteiger partial charge < -0.3 is 9.73 Å². The average Bonchev–Trinajstić information content (AvgIpc) is 2.84. The summed E-state index contributed by atoms with van der Waals surface area (Å²) < 4.78 is 5.32. The van der Waals surface area contributed by atoms with Crippen molar-refractivity contribution in [2.45, 2.75) is 38.6 Å². The van der Waals surface area contributed by atoms with Crippen LogP contribution in [0.4, 0.5) is 0 Å². The smallest absolute Gasteiger partial charge is 0.120 e. The molecule has 1 heterocycles. The molecule has 1 saturated carbocycles. The zero-order valence-electron chi connectivity index (χ0n) is 8.83. The van der Waals surface area contributed by atoms with E-state index in [2.05, 4.69) is 12.2 Å². The summed E-state index contributed by atoms with van der Waals surface area (Å²) in [5.74, 6) is 2.09. The summed E-state index contributed by atoms with van der Waals surface area (Å²) in [5.41, 5.74) is 0. The second kappa shape index (κ2) is 4.65. The van der Waals surface area contributed by atoms with E-state index in [1.807, 2.05) is 12.1 Å². The highest BCUT2D eigenvalue weighted by Gasteiger charge is 2.20. The van der Waals surface area contributed by atoms with Gasteiger partial charge in [-0.1, -0.05) is 12.8 Å². The third-order valence-electron chi connectivity index (χ3n) is 2.91. The van der Waals surface area contributed by atoms with Crippen molar-refractivity contribution in [1.82, 2.24) is 5.32 Å². The molecule has 2 rings (SSSR count). The Labute approximate surface area is 85.7 Å². The van der Waals surface area contributed by atoms with Crippen molar-refractivity contribution >= 4 is 0 Å². The largest absolute Gasteiger partial charge is 0.468 e. The van der Waals surface area contributed by atoms with Crippen molar-refractivity contribution < 1.29 is 4.42 Å². The van der Waals surface area contributed by atoms with Crippen molar-refractivity contribution in [2.24, 2.45) is 5.92 Å². The number of furan rings is 1. The summed E-state index contributed by atoms with van der Waals surface area (Å²) in [7, 11) is 0. The molecule has 0 bridgehead atoms. The van der Waals surface area contributed by atoms with Crippen LogP contribution in [0.5, 0.6) is 0 Å². The molecular formula is C12H19NO. The van der Waals surface area contributed by atoms with Crippen LogP contribution in [0.2, 0.25) is 0 Å². The van der Waals surface area contributed by atoms with E-state index >= 15 is 0 Å². The van der Waals surface area contributed by atoms with Crippen molar-refractivity contribution in [2.75, 3.05) is 6.54 Å². The Bertz CT molecular complexity index is 251. The molecule has 0 aliphatic heterocycles. The van der Waals surface area contributed by atoms with E-state index in [9.17, 15) is 0 Å². The van der Waals surface area contributed by atoms with E-state index in [-0.39, 0.29) is 0 Å². The molecule has 1 unspecified atom stereocenters. The van der Waals surface area contributed by atoms with Crippen LogP contribution in [-0.4, -0.2) is 6.54 Å². The summed E-state index contributed by atoms with van der Waals surface area (Å²) in [6, 6.07) is 4.32. The van der Waals surface area contributed by atoms with Crippen LogP contribution in [-0.2, 0) is 0 Å². The molecule has 78 valence electrons. The first-order valence-corrected chi connectivity index (χ1v) is 5.63. The third-order valence-corrected chi connectivity index (χ3v) is 2.91. The lowest BCUT2D eigenvalue weighted by Crippen LogP contribution is -2.19. The molecule has 1 fully saturated rings. The van der Waals surface area contributed by atoms with Gasteiger partial charge in [0.05, 0.1) is 12.3 Å². The Hall–Kier alpha value is -0.760. The molecule has 1 aromatic heterocycles.